The van der Waals surface area contributed by atoms with Crippen molar-refractivity contribution in [2.24, 2.45) is 0 Å². The Morgan fingerprint density at radius 3 is 2.83 bits per heavy atom. The standard InChI is InChI=1S/C11H15N2O9P/c1-5-2-13(10(16)12-8(5)15)9-6-7(22-23(17,18)19)11(3-14,21-9)4-20-6/h2,6-7,9,14H,3-4H2,1H3,(H,12,15,16)(H2,17,18,19)/t6-,7+,9+,11+/m0/s1. The van der Waals surface area contributed by atoms with E-state index in [0.29, 0.717) is 0 Å². The van der Waals surface area contributed by atoms with Crippen LogP contribution in [-0.2, 0) is 18.6 Å². The first-order valence-corrected chi connectivity index (χ1v) is 8.16. The Hall–Kier alpha value is -1.33. The van der Waals surface area contributed by atoms with Gasteiger partial charge in [0.15, 0.2) is 6.23 Å². The molecule has 3 heterocycles. The predicted molar refractivity (Wildman–Crippen MR) is 72.7 cm³/mol. The summed E-state index contributed by atoms with van der Waals surface area (Å²) in [6.45, 7) is 0.711. The lowest BCUT2D eigenvalue weighted by Gasteiger charge is -2.29. The number of aromatic nitrogens is 2. The highest BCUT2D eigenvalue weighted by molar-refractivity contribution is 7.46. The Kier molecular flexibility index (Phi) is 3.84. The summed E-state index contributed by atoms with van der Waals surface area (Å²) < 4.78 is 27.9. The highest BCUT2D eigenvalue weighted by Crippen LogP contribution is 2.51. The van der Waals surface area contributed by atoms with E-state index in [1.165, 1.54) is 13.1 Å². The molecule has 0 amide bonds. The Morgan fingerprint density at radius 1 is 1.52 bits per heavy atom. The van der Waals surface area contributed by atoms with E-state index in [1.54, 1.807) is 0 Å². The van der Waals surface area contributed by atoms with Crippen molar-refractivity contribution in [1.29, 1.82) is 0 Å². The van der Waals surface area contributed by atoms with Crippen LogP contribution in [0.2, 0.25) is 0 Å². The van der Waals surface area contributed by atoms with Gasteiger partial charge >= 0.3 is 13.5 Å². The number of H-pyrrole nitrogens is 1. The molecule has 11 nitrogen and oxygen atoms in total. The average Bonchev–Trinajstić information content (AvgIpc) is 2.93. The zero-order valence-electron chi connectivity index (χ0n) is 11.9. The topological polar surface area (TPSA) is 160 Å². The van der Waals surface area contributed by atoms with Gasteiger partial charge in [-0.3, -0.25) is 18.9 Å². The quantitative estimate of drug-likeness (QED) is 0.449. The first kappa shape index (κ1) is 16.5. The number of phosphoric acid groups is 1. The van der Waals surface area contributed by atoms with Crippen molar-refractivity contribution in [3.05, 3.63) is 32.6 Å². The van der Waals surface area contributed by atoms with Crippen molar-refractivity contribution in [2.75, 3.05) is 13.2 Å². The van der Waals surface area contributed by atoms with Crippen molar-refractivity contribution >= 4 is 7.82 Å². The number of nitrogens with zero attached hydrogens (tertiary/aromatic N) is 1. The van der Waals surface area contributed by atoms with E-state index < -0.39 is 49.7 Å². The molecule has 0 aromatic carbocycles. The number of phosphoric ester groups is 1. The molecule has 4 N–H and O–H groups in total. The van der Waals surface area contributed by atoms with Crippen LogP contribution in [0.1, 0.15) is 11.8 Å². The lowest BCUT2D eigenvalue weighted by atomic mass is 10.0. The van der Waals surface area contributed by atoms with Gasteiger partial charge in [0.2, 0.25) is 0 Å². The molecule has 2 saturated heterocycles. The van der Waals surface area contributed by atoms with E-state index >= 15 is 0 Å². The molecule has 0 spiro atoms. The summed E-state index contributed by atoms with van der Waals surface area (Å²) in [6, 6.07) is 0. The zero-order valence-corrected chi connectivity index (χ0v) is 12.8. The molecule has 0 unspecified atom stereocenters. The van der Waals surface area contributed by atoms with Gasteiger partial charge in [0, 0.05) is 11.8 Å². The van der Waals surface area contributed by atoms with E-state index in [4.69, 9.17) is 23.8 Å². The summed E-state index contributed by atoms with van der Waals surface area (Å²) in [5, 5.41) is 9.56. The van der Waals surface area contributed by atoms with Gasteiger partial charge in [0.25, 0.3) is 5.56 Å². The monoisotopic (exact) mass is 350 g/mol. The van der Waals surface area contributed by atoms with Gasteiger partial charge in [-0.25, -0.2) is 9.36 Å². The van der Waals surface area contributed by atoms with Crippen molar-refractivity contribution in [1.82, 2.24) is 9.55 Å². The SMILES string of the molecule is Cc1cn([C@@H]2O[C@]3(CO)CO[C@H]2[C@H]3OP(=O)(O)O)c(=O)[nH]c1=O. The van der Waals surface area contributed by atoms with Gasteiger partial charge in [0.05, 0.1) is 13.2 Å². The zero-order chi connectivity index (χ0) is 17.0. The third-order valence-electron chi connectivity index (χ3n) is 3.91. The van der Waals surface area contributed by atoms with Crippen LogP contribution in [-0.4, -0.2) is 55.5 Å². The second kappa shape index (κ2) is 5.35. The second-order valence-electron chi connectivity index (χ2n) is 5.50. The van der Waals surface area contributed by atoms with E-state index in [-0.39, 0.29) is 12.2 Å². The number of hydrogen-bond acceptors (Lipinski definition) is 7. The molecule has 2 bridgehead atoms. The molecule has 0 saturated carbocycles. The summed E-state index contributed by atoms with van der Waals surface area (Å²) in [4.78, 5) is 43.5. The van der Waals surface area contributed by atoms with Gasteiger partial charge in [-0.05, 0) is 6.92 Å². The van der Waals surface area contributed by atoms with Crippen LogP contribution in [0.5, 0.6) is 0 Å². The smallest absolute Gasteiger partial charge is 0.393 e. The molecule has 12 heteroatoms. The van der Waals surface area contributed by atoms with Crippen LogP contribution >= 0.6 is 7.82 Å². The van der Waals surface area contributed by atoms with Gasteiger partial charge in [0.1, 0.15) is 17.8 Å². The van der Waals surface area contributed by atoms with Gasteiger partial charge in [-0.1, -0.05) is 0 Å². The fourth-order valence-corrected chi connectivity index (χ4v) is 3.42. The van der Waals surface area contributed by atoms with E-state index in [9.17, 15) is 19.3 Å². The third-order valence-corrected chi connectivity index (χ3v) is 4.41. The Bertz CT molecular complexity index is 782. The maximum atomic E-state index is 12.0. The van der Waals surface area contributed by atoms with E-state index in [1.807, 2.05) is 0 Å². The predicted octanol–water partition coefficient (Wildman–Crippen LogP) is -2.02. The number of fused-ring (bicyclic) bond motifs is 2. The lowest BCUT2D eigenvalue weighted by Crippen LogP contribution is -2.45. The molecule has 2 aliphatic heterocycles. The number of rotatable bonds is 4. The van der Waals surface area contributed by atoms with Crippen molar-refractivity contribution < 1.29 is 33.5 Å². The van der Waals surface area contributed by atoms with Crippen molar-refractivity contribution in [3.8, 4) is 0 Å². The molecule has 2 aliphatic rings. The number of aliphatic hydroxyl groups is 1. The highest BCUT2D eigenvalue weighted by Gasteiger charge is 2.64. The Morgan fingerprint density at radius 2 is 2.22 bits per heavy atom. The largest absolute Gasteiger partial charge is 0.470 e. The molecule has 4 atom stereocenters. The average molecular weight is 350 g/mol. The summed E-state index contributed by atoms with van der Waals surface area (Å²) in [5.74, 6) is 0. The third kappa shape index (κ3) is 2.70. The van der Waals surface area contributed by atoms with Crippen LogP contribution in [0.3, 0.4) is 0 Å². The lowest BCUT2D eigenvalue weighted by molar-refractivity contribution is -0.187. The van der Waals surface area contributed by atoms with Crippen LogP contribution < -0.4 is 11.2 Å². The Labute approximate surface area is 128 Å². The highest BCUT2D eigenvalue weighted by atomic mass is 31.2. The molecule has 1 aromatic heterocycles. The molecule has 2 fully saturated rings. The van der Waals surface area contributed by atoms with Crippen molar-refractivity contribution in [3.63, 3.8) is 0 Å². The normalized spacial score (nSPS) is 33.3. The van der Waals surface area contributed by atoms with E-state index in [2.05, 4.69) is 4.98 Å². The van der Waals surface area contributed by atoms with Gasteiger partial charge in [-0.2, -0.15) is 0 Å². The summed E-state index contributed by atoms with van der Waals surface area (Å²) in [5.41, 5.74) is -2.60. The first-order chi connectivity index (χ1) is 10.7. The maximum absolute atomic E-state index is 12.0. The summed E-state index contributed by atoms with van der Waals surface area (Å²) >= 11 is 0. The maximum Gasteiger partial charge on any atom is 0.470 e. The second-order valence-corrected chi connectivity index (χ2v) is 6.69. The fraction of sp³-hybridized carbons (Fsp3) is 0.636. The minimum absolute atomic E-state index is 0.146. The van der Waals surface area contributed by atoms with Crippen LogP contribution in [0, 0.1) is 6.92 Å². The van der Waals surface area contributed by atoms with Gasteiger partial charge < -0.3 is 24.4 Å². The minimum Gasteiger partial charge on any atom is -0.393 e. The summed E-state index contributed by atoms with van der Waals surface area (Å²) in [6.07, 6.45) is -2.15. The number of hydrogen-bond donors (Lipinski definition) is 4. The molecule has 3 rings (SSSR count). The van der Waals surface area contributed by atoms with Crippen molar-refractivity contribution in [2.45, 2.75) is 31.0 Å². The van der Waals surface area contributed by atoms with Crippen LogP contribution in [0.4, 0.5) is 0 Å². The molecular weight excluding hydrogens is 335 g/mol. The number of aliphatic hydroxyl groups excluding tert-OH is 1. The molecular formula is C11H15N2O9P. The number of aromatic amines is 1. The van der Waals surface area contributed by atoms with Crippen LogP contribution in [0.25, 0.3) is 0 Å². The molecule has 128 valence electrons. The molecule has 23 heavy (non-hydrogen) atoms. The molecule has 0 radical (unpaired) electrons. The number of nitrogens with one attached hydrogen (secondary N) is 1. The Balaban J connectivity index is 2.02. The number of aryl methyl sites for hydroxylation is 1. The van der Waals surface area contributed by atoms with Crippen LogP contribution in [0.15, 0.2) is 15.8 Å². The number of ether oxygens (including phenoxy) is 2. The summed E-state index contributed by atoms with van der Waals surface area (Å²) in [7, 11) is -4.87. The molecule has 0 aliphatic carbocycles. The van der Waals surface area contributed by atoms with Gasteiger partial charge in [-0.15, -0.1) is 0 Å². The first-order valence-electron chi connectivity index (χ1n) is 6.63. The molecule has 1 aromatic rings. The minimum atomic E-state index is -4.87. The van der Waals surface area contributed by atoms with E-state index in [0.717, 1.165) is 4.57 Å². The fourth-order valence-electron chi connectivity index (χ4n) is 2.81.